The minimum absolute atomic E-state index is 0.0301. The summed E-state index contributed by atoms with van der Waals surface area (Å²) in [5.74, 6) is 0.557. The number of aromatic hydroxyl groups is 1. The lowest BCUT2D eigenvalue weighted by molar-refractivity contribution is 0.447. The fraction of sp³-hybridized carbons (Fsp3) is 0.318. The molecule has 9 heteroatoms. The summed E-state index contributed by atoms with van der Waals surface area (Å²) < 4.78 is 1.47. The molecule has 1 saturated heterocycles. The van der Waals surface area contributed by atoms with E-state index >= 15 is 0 Å². The van der Waals surface area contributed by atoms with Gasteiger partial charge in [0.1, 0.15) is 28.1 Å². The van der Waals surface area contributed by atoms with Gasteiger partial charge < -0.3 is 20.3 Å². The highest BCUT2D eigenvalue weighted by atomic mass is 35.5. The molecule has 7 nitrogen and oxygen atoms in total. The van der Waals surface area contributed by atoms with Crippen LogP contribution in [0, 0.1) is 17.2 Å². The molecule has 0 bridgehead atoms. The van der Waals surface area contributed by atoms with E-state index in [1.165, 1.54) is 10.6 Å². The van der Waals surface area contributed by atoms with Crippen LogP contribution in [0.2, 0.25) is 10.2 Å². The Hall–Kier alpha value is -2.95. The zero-order valence-corrected chi connectivity index (χ0v) is 18.8. The molecule has 0 spiro atoms. The van der Waals surface area contributed by atoms with Gasteiger partial charge >= 0.3 is 0 Å². The number of pyridine rings is 2. The lowest BCUT2D eigenvalue weighted by Gasteiger charge is -2.33. The third kappa shape index (κ3) is 4.87. The zero-order valence-electron chi connectivity index (χ0n) is 17.3. The fourth-order valence-electron chi connectivity index (χ4n) is 3.69. The number of nitrogens with zero attached hydrogens (tertiary/aromatic N) is 4. The van der Waals surface area contributed by atoms with Crippen LogP contribution >= 0.6 is 23.2 Å². The lowest BCUT2D eigenvalue weighted by atomic mass is 9.98. The van der Waals surface area contributed by atoms with E-state index in [-0.39, 0.29) is 16.9 Å². The molecule has 1 aliphatic rings. The summed E-state index contributed by atoms with van der Waals surface area (Å²) in [6, 6.07) is 10.1. The number of nitriles is 1. The van der Waals surface area contributed by atoms with Crippen LogP contribution in [-0.2, 0) is 7.05 Å². The average molecular weight is 460 g/mol. The molecule has 1 aromatic carbocycles. The molecular formula is C22H23Cl2N5O2. The smallest absolute Gasteiger partial charge is 0.270 e. The second kappa shape index (κ2) is 9.46. The topological polar surface area (TPSA) is 108 Å². The van der Waals surface area contributed by atoms with E-state index < -0.39 is 0 Å². The summed E-state index contributed by atoms with van der Waals surface area (Å²) in [7, 11) is 1.66. The van der Waals surface area contributed by atoms with Crippen LogP contribution in [-0.4, -0.2) is 27.7 Å². The molecule has 1 unspecified atom stereocenters. The molecule has 0 saturated carbocycles. The van der Waals surface area contributed by atoms with Crippen molar-refractivity contribution in [2.75, 3.05) is 23.7 Å². The fourth-order valence-corrected chi connectivity index (χ4v) is 4.00. The Balaban J connectivity index is 0.000000254. The van der Waals surface area contributed by atoms with E-state index in [0.29, 0.717) is 38.5 Å². The SMILES string of the molecule is CC1CCCN(c2c(C#N)c(=O)n(C)c3ccc(Cl)nc23)C1.Nc1ccc(Cl)cc1O. The van der Waals surface area contributed by atoms with Crippen LogP contribution in [0.3, 0.4) is 0 Å². The molecule has 2 aromatic heterocycles. The van der Waals surface area contributed by atoms with Crippen molar-refractivity contribution in [2.45, 2.75) is 19.8 Å². The number of rotatable bonds is 1. The molecule has 3 heterocycles. The van der Waals surface area contributed by atoms with Gasteiger partial charge in [0.2, 0.25) is 0 Å². The van der Waals surface area contributed by atoms with Gasteiger partial charge in [-0.2, -0.15) is 5.26 Å². The molecule has 4 rings (SSSR count). The number of anilines is 2. The Morgan fingerprint density at radius 3 is 2.65 bits per heavy atom. The summed E-state index contributed by atoms with van der Waals surface area (Å²) in [6.45, 7) is 3.84. The number of fused-ring (bicyclic) bond motifs is 1. The Labute approximate surface area is 190 Å². The van der Waals surface area contributed by atoms with E-state index in [9.17, 15) is 10.1 Å². The van der Waals surface area contributed by atoms with Crippen molar-refractivity contribution in [2.24, 2.45) is 13.0 Å². The third-order valence-electron chi connectivity index (χ3n) is 5.26. The van der Waals surface area contributed by atoms with Gasteiger partial charge in [0.15, 0.2) is 0 Å². The maximum Gasteiger partial charge on any atom is 0.270 e. The number of aromatic nitrogens is 2. The molecule has 3 aromatic rings. The first-order valence-corrected chi connectivity index (χ1v) is 10.6. The maximum absolute atomic E-state index is 12.5. The zero-order chi connectivity index (χ0) is 22.7. The molecule has 1 fully saturated rings. The quantitative estimate of drug-likeness (QED) is 0.318. The largest absolute Gasteiger partial charge is 0.506 e. The highest BCUT2D eigenvalue weighted by molar-refractivity contribution is 6.30. The number of halogens is 2. The van der Waals surface area contributed by atoms with Gasteiger partial charge in [0.05, 0.1) is 16.9 Å². The third-order valence-corrected chi connectivity index (χ3v) is 5.70. The molecule has 162 valence electrons. The average Bonchev–Trinajstić information content (AvgIpc) is 2.73. The molecule has 31 heavy (non-hydrogen) atoms. The molecular weight excluding hydrogens is 437 g/mol. The number of phenols is 1. The Kier molecular flexibility index (Phi) is 6.94. The summed E-state index contributed by atoms with van der Waals surface area (Å²) in [5, 5.41) is 19.2. The predicted octanol–water partition coefficient (Wildman–Crippen LogP) is 4.32. The van der Waals surface area contributed by atoms with E-state index in [1.54, 1.807) is 31.3 Å². The van der Waals surface area contributed by atoms with Gasteiger partial charge in [-0.25, -0.2) is 4.98 Å². The molecule has 0 aliphatic carbocycles. The number of nitrogen functional groups attached to an aromatic ring is 1. The molecule has 1 aliphatic heterocycles. The van der Waals surface area contributed by atoms with Crippen molar-refractivity contribution < 1.29 is 5.11 Å². The van der Waals surface area contributed by atoms with Gasteiger partial charge in [-0.15, -0.1) is 0 Å². The monoisotopic (exact) mass is 459 g/mol. The van der Waals surface area contributed by atoms with Crippen molar-refractivity contribution in [3.63, 3.8) is 0 Å². The van der Waals surface area contributed by atoms with Crippen LogP contribution in [0.4, 0.5) is 11.4 Å². The lowest BCUT2D eigenvalue weighted by Crippen LogP contribution is -2.37. The van der Waals surface area contributed by atoms with Crippen molar-refractivity contribution in [1.82, 2.24) is 9.55 Å². The van der Waals surface area contributed by atoms with Crippen LogP contribution in [0.5, 0.6) is 5.75 Å². The number of aryl methyl sites for hydroxylation is 1. The Bertz CT molecular complexity index is 1220. The number of hydrogen-bond acceptors (Lipinski definition) is 6. The Morgan fingerprint density at radius 2 is 2.03 bits per heavy atom. The van der Waals surface area contributed by atoms with Gasteiger partial charge in [-0.3, -0.25) is 4.79 Å². The van der Waals surface area contributed by atoms with E-state index in [2.05, 4.69) is 22.9 Å². The molecule has 3 N–H and O–H groups in total. The normalized spacial score (nSPS) is 15.8. The van der Waals surface area contributed by atoms with Crippen LogP contribution in [0.15, 0.2) is 35.1 Å². The highest BCUT2D eigenvalue weighted by Gasteiger charge is 2.25. The van der Waals surface area contributed by atoms with E-state index in [4.69, 9.17) is 34.0 Å². The molecule has 0 amide bonds. The summed E-state index contributed by atoms with van der Waals surface area (Å²) in [6.07, 6.45) is 2.21. The maximum atomic E-state index is 12.5. The van der Waals surface area contributed by atoms with Gasteiger partial charge in [-0.1, -0.05) is 30.1 Å². The van der Waals surface area contributed by atoms with Crippen molar-refractivity contribution in [3.8, 4) is 11.8 Å². The summed E-state index contributed by atoms with van der Waals surface area (Å²) in [5.41, 5.74) is 7.45. The highest BCUT2D eigenvalue weighted by Crippen LogP contribution is 2.31. The number of hydrogen-bond donors (Lipinski definition) is 2. The van der Waals surface area contributed by atoms with E-state index in [1.807, 2.05) is 0 Å². The van der Waals surface area contributed by atoms with Gasteiger partial charge in [0, 0.05) is 31.2 Å². The number of nitrogens with two attached hydrogens (primary N) is 1. The summed E-state index contributed by atoms with van der Waals surface area (Å²) in [4.78, 5) is 19.0. The summed E-state index contributed by atoms with van der Waals surface area (Å²) >= 11 is 11.5. The van der Waals surface area contributed by atoms with Crippen molar-refractivity contribution >= 4 is 45.6 Å². The second-order valence-corrected chi connectivity index (χ2v) is 8.42. The van der Waals surface area contributed by atoms with Crippen molar-refractivity contribution in [1.29, 1.82) is 5.26 Å². The van der Waals surface area contributed by atoms with Crippen LogP contribution in [0.25, 0.3) is 11.0 Å². The second-order valence-electron chi connectivity index (χ2n) is 7.60. The first kappa shape index (κ1) is 22.7. The molecule has 0 radical (unpaired) electrons. The van der Waals surface area contributed by atoms with Crippen molar-refractivity contribution in [3.05, 3.63) is 56.4 Å². The van der Waals surface area contributed by atoms with Crippen LogP contribution < -0.4 is 16.2 Å². The first-order chi connectivity index (χ1) is 14.7. The standard InChI is InChI=1S/C16H17ClN4O.C6H6ClNO/c1-10-4-3-7-21(9-10)15-11(8-18)16(22)20(2)12-5-6-13(17)19-14(12)15;7-4-1-2-5(8)6(9)3-4/h5-6,10H,3-4,7,9H2,1-2H3;1-3,9H,8H2. The number of benzene rings is 1. The van der Waals surface area contributed by atoms with E-state index in [0.717, 1.165) is 25.9 Å². The molecule has 1 atom stereocenters. The minimum Gasteiger partial charge on any atom is -0.506 e. The van der Waals surface area contributed by atoms with Gasteiger partial charge in [-0.05, 0) is 43.0 Å². The van der Waals surface area contributed by atoms with Crippen LogP contribution in [0.1, 0.15) is 25.3 Å². The van der Waals surface area contributed by atoms with Gasteiger partial charge in [0.25, 0.3) is 5.56 Å². The number of phenolic OH excluding ortho intramolecular Hbond substituents is 1. The Morgan fingerprint density at radius 1 is 1.29 bits per heavy atom. The minimum atomic E-state index is -0.285. The number of piperidine rings is 1. The predicted molar refractivity (Wildman–Crippen MR) is 125 cm³/mol. The first-order valence-electron chi connectivity index (χ1n) is 9.81.